The van der Waals surface area contributed by atoms with Gasteiger partial charge in [0.2, 0.25) is 0 Å². The summed E-state index contributed by atoms with van der Waals surface area (Å²) in [6.45, 7) is 4.18. The molecule has 3 rings (SSSR count). The molecule has 1 N–H and O–H groups in total. The molecule has 11 heteroatoms. The van der Waals surface area contributed by atoms with Gasteiger partial charge in [-0.25, -0.2) is 14.2 Å². The van der Waals surface area contributed by atoms with Crippen LogP contribution in [-0.4, -0.2) is 35.6 Å². The summed E-state index contributed by atoms with van der Waals surface area (Å²) in [5.41, 5.74) is 1.68. The Morgan fingerprint density at radius 1 is 1.15 bits per heavy atom. The monoisotopic (exact) mass is 580 g/mol. The minimum absolute atomic E-state index is 0. The van der Waals surface area contributed by atoms with E-state index in [1.165, 1.54) is 25.3 Å². The molecule has 0 radical (unpaired) electrons. The molecule has 34 heavy (non-hydrogen) atoms. The third-order valence-electron chi connectivity index (χ3n) is 5.28. The van der Waals surface area contributed by atoms with E-state index in [0.29, 0.717) is 29.9 Å². The Bertz CT molecular complexity index is 1130. The Morgan fingerprint density at radius 3 is 2.41 bits per heavy atom. The number of non-ortho nitro benzene ring substituents is 1. The van der Waals surface area contributed by atoms with Gasteiger partial charge in [0.25, 0.3) is 5.69 Å². The number of carbonyl (C=O) groups excluding carboxylic acids is 2. The van der Waals surface area contributed by atoms with Crippen LogP contribution in [0.25, 0.3) is 0 Å². The number of benzene rings is 1. The number of ether oxygens (including phenoxy) is 2. The van der Waals surface area contributed by atoms with Gasteiger partial charge in [-0.1, -0.05) is 12.1 Å². The van der Waals surface area contributed by atoms with E-state index in [1.54, 1.807) is 32.3 Å². The number of aromatic nitrogens is 2. The lowest BCUT2D eigenvalue weighted by Gasteiger charge is -2.30. The van der Waals surface area contributed by atoms with Gasteiger partial charge >= 0.3 is 11.9 Å². The van der Waals surface area contributed by atoms with Gasteiger partial charge in [-0.2, -0.15) is 0 Å². The van der Waals surface area contributed by atoms with Gasteiger partial charge in [0.15, 0.2) is 18.9 Å². The smallest absolute Gasteiger partial charge is 0.336 e. The van der Waals surface area contributed by atoms with Crippen molar-refractivity contribution >= 4 is 17.6 Å². The highest BCUT2D eigenvalue weighted by Crippen LogP contribution is 2.40. The summed E-state index contributed by atoms with van der Waals surface area (Å²) >= 11 is 0. The molecule has 0 aliphatic carbocycles. The van der Waals surface area contributed by atoms with E-state index in [9.17, 15) is 19.7 Å². The fraction of sp³-hybridized carbons (Fsp3) is 0.304. The van der Waals surface area contributed by atoms with Gasteiger partial charge in [-0.05, 0) is 19.4 Å². The van der Waals surface area contributed by atoms with Crippen molar-refractivity contribution in [1.82, 2.24) is 10.3 Å². The van der Waals surface area contributed by atoms with Crippen LogP contribution in [0.2, 0.25) is 0 Å². The molecule has 0 saturated heterocycles. The number of nitrogens with one attached hydrogen (secondary N) is 1. The van der Waals surface area contributed by atoms with Gasteiger partial charge in [-0.15, -0.1) is 0 Å². The second-order valence-electron chi connectivity index (χ2n) is 7.45. The first-order chi connectivity index (χ1) is 15.8. The highest BCUT2D eigenvalue weighted by atomic mass is 127. The molecule has 1 aromatic heterocycles. The first-order valence-electron chi connectivity index (χ1n) is 10.3. The van der Waals surface area contributed by atoms with Crippen LogP contribution in [0.1, 0.15) is 31.7 Å². The molecule has 0 fully saturated rings. The minimum atomic E-state index is -0.874. The number of allylic oxidation sites excluding steroid dienone is 2. The molecule has 2 aromatic rings. The number of nitrogens with zero attached hydrogens (tertiary/aromatic N) is 3. The molecule has 1 aliphatic rings. The topological polar surface area (TPSA) is 125 Å². The maximum Gasteiger partial charge on any atom is 0.336 e. The molecule has 0 saturated carbocycles. The Hall–Kier alpha value is -3.35. The van der Waals surface area contributed by atoms with Crippen LogP contribution in [0.3, 0.4) is 0 Å². The lowest BCUT2D eigenvalue weighted by molar-refractivity contribution is -0.698. The third-order valence-corrected chi connectivity index (χ3v) is 5.28. The molecular weight excluding hydrogens is 555 g/mol. The van der Waals surface area contributed by atoms with Gasteiger partial charge in [-0.3, -0.25) is 15.1 Å². The minimum Gasteiger partial charge on any atom is -1.00 e. The quantitative estimate of drug-likeness (QED) is 0.109. The number of hydrogen-bond donors (Lipinski definition) is 1. The SMILES string of the molecule is COC(=O)C1=C(C)NC(C)=C(C(=O)OCCC[n+]2ccncc2)C1c1cccc([N+](=O)[O-])c1.[I-]. The van der Waals surface area contributed by atoms with Crippen LogP contribution in [-0.2, 0) is 25.6 Å². The molecule has 0 amide bonds. The van der Waals surface area contributed by atoms with E-state index in [0.717, 1.165) is 0 Å². The number of nitro benzene ring substituents is 1. The zero-order chi connectivity index (χ0) is 24.0. The highest BCUT2D eigenvalue weighted by molar-refractivity contribution is 5.99. The van der Waals surface area contributed by atoms with Crippen molar-refractivity contribution < 1.29 is 52.5 Å². The summed E-state index contributed by atoms with van der Waals surface area (Å²) in [7, 11) is 1.24. The standard InChI is InChI=1S/C23H24N4O6.HI/c1-15-19(22(28)32-3)21(17-6-4-7-18(14-17)27(30)31)20(16(2)25-15)23(29)33-13-5-10-26-11-8-24-9-12-26;/h4,6-9,11-12,14,21H,5,10,13H2,1-3H3;1H. The van der Waals surface area contributed by atoms with Crippen LogP contribution in [0.4, 0.5) is 5.69 Å². The van der Waals surface area contributed by atoms with Crippen molar-refractivity contribution in [3.63, 3.8) is 0 Å². The second kappa shape index (κ2) is 12.2. The molecule has 2 heterocycles. The van der Waals surface area contributed by atoms with E-state index >= 15 is 0 Å². The van der Waals surface area contributed by atoms with Crippen LogP contribution < -0.4 is 33.9 Å². The van der Waals surface area contributed by atoms with E-state index in [2.05, 4.69) is 10.3 Å². The van der Waals surface area contributed by atoms with E-state index in [4.69, 9.17) is 9.47 Å². The number of esters is 2. The van der Waals surface area contributed by atoms with Gasteiger partial charge < -0.3 is 38.8 Å². The fourth-order valence-corrected chi connectivity index (χ4v) is 3.78. The summed E-state index contributed by atoms with van der Waals surface area (Å²) in [6.07, 6.45) is 7.53. The second-order valence-corrected chi connectivity index (χ2v) is 7.45. The number of halogens is 1. The first kappa shape index (κ1) is 26.9. The summed E-state index contributed by atoms with van der Waals surface area (Å²) in [5.74, 6) is -2.12. The molecule has 0 bridgehead atoms. The fourth-order valence-electron chi connectivity index (χ4n) is 3.78. The maximum absolute atomic E-state index is 13.1. The van der Waals surface area contributed by atoms with Crippen molar-refractivity contribution in [3.8, 4) is 0 Å². The molecular formula is C23H25IN4O6. The average Bonchev–Trinajstić information content (AvgIpc) is 2.81. The number of hydrogen-bond acceptors (Lipinski definition) is 8. The zero-order valence-corrected chi connectivity index (χ0v) is 21.1. The lowest BCUT2D eigenvalue weighted by Crippen LogP contribution is -3.00. The predicted molar refractivity (Wildman–Crippen MR) is 116 cm³/mol. The van der Waals surface area contributed by atoms with Crippen molar-refractivity contribution in [3.05, 3.63) is 87.3 Å². The van der Waals surface area contributed by atoms with Gasteiger partial charge in [0.1, 0.15) is 0 Å². The Labute approximate surface area is 213 Å². The largest absolute Gasteiger partial charge is 1.00 e. The van der Waals surface area contributed by atoms with E-state index in [1.807, 2.05) is 17.0 Å². The Kier molecular flexibility index (Phi) is 9.66. The molecule has 10 nitrogen and oxygen atoms in total. The first-order valence-corrected chi connectivity index (χ1v) is 10.3. The third kappa shape index (κ3) is 6.16. The normalized spacial score (nSPS) is 15.2. The summed E-state index contributed by atoms with van der Waals surface area (Å²) in [5, 5.41) is 14.4. The summed E-state index contributed by atoms with van der Waals surface area (Å²) in [6, 6.07) is 5.86. The Balaban J connectivity index is 0.00000408. The predicted octanol–water partition coefficient (Wildman–Crippen LogP) is -0.677. The van der Waals surface area contributed by atoms with Gasteiger partial charge in [0, 0.05) is 29.9 Å². The molecule has 1 aliphatic heterocycles. The molecule has 1 unspecified atom stereocenters. The van der Waals surface area contributed by atoms with Crippen LogP contribution >= 0.6 is 0 Å². The van der Waals surface area contributed by atoms with Crippen molar-refractivity contribution in [1.29, 1.82) is 0 Å². The van der Waals surface area contributed by atoms with Crippen LogP contribution in [0, 0.1) is 10.1 Å². The zero-order valence-electron chi connectivity index (χ0n) is 19.0. The lowest BCUT2D eigenvalue weighted by atomic mass is 9.80. The number of dihydropyridines is 1. The highest BCUT2D eigenvalue weighted by Gasteiger charge is 2.38. The summed E-state index contributed by atoms with van der Waals surface area (Å²) in [4.78, 5) is 40.5. The molecule has 180 valence electrons. The van der Waals surface area contributed by atoms with Crippen molar-refractivity contribution in [2.75, 3.05) is 13.7 Å². The summed E-state index contributed by atoms with van der Waals surface area (Å²) < 4.78 is 12.4. The average molecular weight is 580 g/mol. The number of nitro groups is 1. The molecule has 1 aromatic carbocycles. The van der Waals surface area contributed by atoms with Crippen molar-refractivity contribution in [2.45, 2.75) is 32.7 Å². The van der Waals surface area contributed by atoms with Crippen LogP contribution in [0.15, 0.2) is 71.6 Å². The maximum atomic E-state index is 13.1. The molecule has 0 spiro atoms. The van der Waals surface area contributed by atoms with Crippen molar-refractivity contribution in [2.24, 2.45) is 0 Å². The van der Waals surface area contributed by atoms with E-state index in [-0.39, 0.29) is 47.4 Å². The number of carbonyl (C=O) groups is 2. The number of rotatable bonds is 8. The Morgan fingerprint density at radius 2 is 1.79 bits per heavy atom. The number of aryl methyl sites for hydroxylation is 1. The van der Waals surface area contributed by atoms with Gasteiger partial charge in [0.05, 0.1) is 48.1 Å². The van der Waals surface area contributed by atoms with E-state index < -0.39 is 22.8 Å². The number of methoxy groups -OCH3 is 1. The molecule has 1 atom stereocenters. The van der Waals surface area contributed by atoms with Crippen LogP contribution in [0.5, 0.6) is 0 Å².